The third-order valence-corrected chi connectivity index (χ3v) is 6.62. The smallest absolute Gasteiger partial charge is 0.255 e. The van der Waals surface area contributed by atoms with Crippen molar-refractivity contribution in [3.05, 3.63) is 113 Å². The summed E-state index contributed by atoms with van der Waals surface area (Å²) in [6.45, 7) is 3.99. The number of hydrogen-bond donors (Lipinski definition) is 2. The van der Waals surface area contributed by atoms with Crippen LogP contribution in [-0.4, -0.2) is 20.7 Å². The molecular formula is C27H25N5OS. The Bertz CT molecular complexity index is 1330. The van der Waals surface area contributed by atoms with Crippen LogP contribution in [0.25, 0.3) is 0 Å². The molecular weight excluding hydrogens is 442 g/mol. The number of benzene rings is 3. The summed E-state index contributed by atoms with van der Waals surface area (Å²) in [5.74, 6) is 1.24. The Balaban J connectivity index is 1.46. The Hall–Kier alpha value is -3.84. The molecule has 170 valence electrons. The van der Waals surface area contributed by atoms with Gasteiger partial charge in [0.05, 0.1) is 5.57 Å². The molecule has 0 fully saturated rings. The highest BCUT2D eigenvalue weighted by atomic mass is 32.2. The van der Waals surface area contributed by atoms with E-state index in [9.17, 15) is 4.79 Å². The lowest BCUT2D eigenvalue weighted by molar-refractivity contribution is -0.113. The average molecular weight is 468 g/mol. The molecule has 7 heteroatoms. The van der Waals surface area contributed by atoms with E-state index in [1.807, 2.05) is 72.3 Å². The highest BCUT2D eigenvalue weighted by Gasteiger charge is 2.34. The number of thioether (sulfide) groups is 1. The second-order valence-electron chi connectivity index (χ2n) is 8.23. The minimum Gasteiger partial charge on any atom is -0.328 e. The highest BCUT2D eigenvalue weighted by Crippen LogP contribution is 2.37. The molecule has 0 radical (unpaired) electrons. The van der Waals surface area contributed by atoms with Gasteiger partial charge in [-0.05, 0) is 37.1 Å². The molecule has 3 aromatic carbocycles. The first-order chi connectivity index (χ1) is 16.6. The fourth-order valence-electron chi connectivity index (χ4n) is 3.98. The van der Waals surface area contributed by atoms with Crippen LogP contribution >= 0.6 is 11.8 Å². The van der Waals surface area contributed by atoms with Crippen molar-refractivity contribution in [1.29, 1.82) is 0 Å². The maximum atomic E-state index is 13.4. The average Bonchev–Trinajstić information content (AvgIpc) is 3.26. The van der Waals surface area contributed by atoms with Gasteiger partial charge in [0.25, 0.3) is 5.91 Å². The molecule has 2 heterocycles. The van der Waals surface area contributed by atoms with Crippen LogP contribution in [0.15, 0.2) is 101 Å². The molecule has 1 atom stereocenters. The Morgan fingerprint density at radius 1 is 0.971 bits per heavy atom. The van der Waals surface area contributed by atoms with Crippen LogP contribution in [0.4, 0.5) is 11.6 Å². The van der Waals surface area contributed by atoms with Gasteiger partial charge < -0.3 is 10.6 Å². The monoisotopic (exact) mass is 467 g/mol. The molecule has 6 nitrogen and oxygen atoms in total. The summed E-state index contributed by atoms with van der Waals surface area (Å²) < 4.78 is 1.82. The van der Waals surface area contributed by atoms with Crippen LogP contribution in [0.2, 0.25) is 0 Å². The molecule has 34 heavy (non-hydrogen) atoms. The van der Waals surface area contributed by atoms with E-state index in [0.29, 0.717) is 16.7 Å². The third-order valence-electron chi connectivity index (χ3n) is 5.71. The first-order valence-electron chi connectivity index (χ1n) is 11.1. The number of nitrogens with zero attached hydrogens (tertiary/aromatic N) is 3. The van der Waals surface area contributed by atoms with Gasteiger partial charge in [-0.15, -0.1) is 5.10 Å². The summed E-state index contributed by atoms with van der Waals surface area (Å²) in [7, 11) is 0. The molecule has 1 aliphatic rings. The number of anilines is 2. The van der Waals surface area contributed by atoms with Crippen LogP contribution in [0.1, 0.15) is 29.7 Å². The predicted octanol–water partition coefficient (Wildman–Crippen LogP) is 5.81. The van der Waals surface area contributed by atoms with E-state index in [4.69, 9.17) is 10.1 Å². The Morgan fingerprint density at radius 3 is 2.35 bits per heavy atom. The van der Waals surface area contributed by atoms with Gasteiger partial charge in [-0.1, -0.05) is 90.1 Å². The summed E-state index contributed by atoms with van der Waals surface area (Å²) in [5, 5.41) is 11.8. The number of amides is 1. The molecule has 0 spiro atoms. The Labute approximate surface area is 203 Å². The maximum Gasteiger partial charge on any atom is 0.255 e. The number of carbonyl (C=O) groups is 1. The molecule has 0 saturated carbocycles. The fourth-order valence-corrected chi connectivity index (χ4v) is 4.77. The van der Waals surface area contributed by atoms with E-state index in [1.165, 1.54) is 11.1 Å². The molecule has 0 unspecified atom stereocenters. The minimum atomic E-state index is -0.387. The number of para-hydroxylation sites is 1. The number of aryl methyl sites for hydroxylation is 1. The molecule has 0 bridgehead atoms. The van der Waals surface area contributed by atoms with Crippen molar-refractivity contribution >= 4 is 29.3 Å². The highest BCUT2D eigenvalue weighted by molar-refractivity contribution is 7.98. The Kier molecular flexibility index (Phi) is 6.18. The van der Waals surface area contributed by atoms with E-state index >= 15 is 0 Å². The van der Waals surface area contributed by atoms with Gasteiger partial charge in [0.2, 0.25) is 11.1 Å². The maximum absolute atomic E-state index is 13.4. The van der Waals surface area contributed by atoms with Crippen molar-refractivity contribution in [2.75, 3.05) is 10.6 Å². The number of hydrogen-bond acceptors (Lipinski definition) is 5. The molecule has 1 aliphatic heterocycles. The summed E-state index contributed by atoms with van der Waals surface area (Å²) in [6, 6.07) is 27.5. The van der Waals surface area contributed by atoms with Crippen LogP contribution < -0.4 is 10.6 Å². The van der Waals surface area contributed by atoms with Crippen molar-refractivity contribution in [3.63, 3.8) is 0 Å². The lowest BCUT2D eigenvalue weighted by Crippen LogP contribution is -2.31. The quantitative estimate of drug-likeness (QED) is 0.350. The third kappa shape index (κ3) is 4.61. The van der Waals surface area contributed by atoms with Crippen molar-refractivity contribution in [2.45, 2.75) is 30.8 Å². The van der Waals surface area contributed by atoms with Crippen molar-refractivity contribution in [1.82, 2.24) is 14.8 Å². The van der Waals surface area contributed by atoms with Crippen LogP contribution in [-0.2, 0) is 10.5 Å². The topological polar surface area (TPSA) is 71.8 Å². The van der Waals surface area contributed by atoms with E-state index in [2.05, 4.69) is 41.8 Å². The molecule has 1 amide bonds. The second-order valence-corrected chi connectivity index (χ2v) is 9.18. The van der Waals surface area contributed by atoms with Gasteiger partial charge in [-0.3, -0.25) is 4.79 Å². The van der Waals surface area contributed by atoms with E-state index < -0.39 is 0 Å². The number of nitrogens with one attached hydrogen (secondary N) is 2. The fraction of sp³-hybridized carbons (Fsp3) is 0.148. The lowest BCUT2D eigenvalue weighted by Gasteiger charge is -2.28. The summed E-state index contributed by atoms with van der Waals surface area (Å²) in [5.41, 5.74) is 5.55. The number of carbonyl (C=O) groups excluding carboxylic acids is 1. The molecule has 5 rings (SSSR count). The molecule has 1 aromatic heterocycles. The summed E-state index contributed by atoms with van der Waals surface area (Å²) in [4.78, 5) is 18.2. The van der Waals surface area contributed by atoms with Crippen molar-refractivity contribution in [3.8, 4) is 0 Å². The summed E-state index contributed by atoms with van der Waals surface area (Å²) in [6.07, 6.45) is 0. The van der Waals surface area contributed by atoms with Crippen LogP contribution in [0, 0.1) is 6.92 Å². The van der Waals surface area contributed by atoms with Gasteiger partial charge in [0.1, 0.15) is 6.04 Å². The van der Waals surface area contributed by atoms with E-state index in [1.54, 1.807) is 11.8 Å². The molecule has 0 aliphatic carbocycles. The van der Waals surface area contributed by atoms with E-state index in [0.717, 1.165) is 22.7 Å². The van der Waals surface area contributed by atoms with Crippen LogP contribution in [0.3, 0.4) is 0 Å². The number of rotatable bonds is 6. The lowest BCUT2D eigenvalue weighted by atomic mass is 9.95. The van der Waals surface area contributed by atoms with E-state index in [-0.39, 0.29) is 11.9 Å². The zero-order valence-electron chi connectivity index (χ0n) is 19.0. The van der Waals surface area contributed by atoms with Crippen LogP contribution in [0.5, 0.6) is 0 Å². The SMILES string of the molecule is CC1=C(C(=O)Nc2ccccc2)[C@@H](c2ccccc2)n2nc(SCc3ccc(C)cc3)nc2N1. The van der Waals surface area contributed by atoms with Gasteiger partial charge in [-0.25, -0.2) is 4.68 Å². The van der Waals surface area contributed by atoms with Gasteiger partial charge in [-0.2, -0.15) is 4.98 Å². The first kappa shape index (κ1) is 22.0. The standard InChI is InChI=1S/C27H25N5OS/c1-18-13-15-20(16-14-18)17-34-27-30-26-28-19(2)23(25(33)29-22-11-7-4-8-12-22)24(32(26)31-27)21-9-5-3-6-10-21/h3-16,24H,17H2,1-2H3,(H,29,33)(H,28,30,31)/t24-/m1/s1. The zero-order valence-corrected chi connectivity index (χ0v) is 19.8. The van der Waals surface area contributed by atoms with Crippen molar-refractivity contribution in [2.24, 2.45) is 0 Å². The largest absolute Gasteiger partial charge is 0.328 e. The second kappa shape index (κ2) is 9.57. The zero-order chi connectivity index (χ0) is 23.5. The number of allylic oxidation sites excluding steroid dienone is 1. The molecule has 2 N–H and O–H groups in total. The first-order valence-corrected chi connectivity index (χ1v) is 12.1. The number of fused-ring (bicyclic) bond motifs is 1. The molecule has 4 aromatic rings. The van der Waals surface area contributed by atoms with Gasteiger partial charge in [0.15, 0.2) is 0 Å². The van der Waals surface area contributed by atoms with Gasteiger partial charge >= 0.3 is 0 Å². The predicted molar refractivity (Wildman–Crippen MR) is 137 cm³/mol. The van der Waals surface area contributed by atoms with Gasteiger partial charge in [0, 0.05) is 17.1 Å². The van der Waals surface area contributed by atoms with Crippen molar-refractivity contribution < 1.29 is 4.79 Å². The normalized spacial score (nSPS) is 14.9. The Morgan fingerprint density at radius 2 is 1.65 bits per heavy atom. The molecule has 0 saturated heterocycles. The number of aromatic nitrogens is 3. The summed E-state index contributed by atoms with van der Waals surface area (Å²) >= 11 is 1.58. The minimum absolute atomic E-state index is 0.167.